The van der Waals surface area contributed by atoms with Crippen LogP contribution in [-0.2, 0) is 11.3 Å². The number of hydrogen-bond acceptors (Lipinski definition) is 7. The average Bonchev–Trinajstić information content (AvgIpc) is 2.70. The van der Waals surface area contributed by atoms with Crippen molar-refractivity contribution in [2.24, 2.45) is 0 Å². The lowest BCUT2D eigenvalue weighted by Crippen LogP contribution is -2.08. The van der Waals surface area contributed by atoms with Crippen LogP contribution in [-0.4, -0.2) is 22.5 Å². The van der Waals surface area contributed by atoms with Gasteiger partial charge >= 0.3 is 5.97 Å². The zero-order chi connectivity index (χ0) is 19.1. The molecule has 0 bridgehead atoms. The van der Waals surface area contributed by atoms with Crippen LogP contribution in [0.15, 0.2) is 60.9 Å². The van der Waals surface area contributed by atoms with Crippen molar-refractivity contribution in [2.45, 2.75) is 13.5 Å². The second-order valence-electron chi connectivity index (χ2n) is 5.75. The molecule has 3 rings (SSSR count). The van der Waals surface area contributed by atoms with Crippen LogP contribution in [0.5, 0.6) is 0 Å². The Morgan fingerprint density at radius 2 is 1.74 bits per heavy atom. The minimum absolute atomic E-state index is 0.342. The van der Waals surface area contributed by atoms with Crippen molar-refractivity contribution in [3.8, 4) is 0 Å². The third-order valence-corrected chi connectivity index (χ3v) is 3.85. The van der Waals surface area contributed by atoms with Crippen molar-refractivity contribution < 1.29 is 9.53 Å². The molecule has 7 heteroatoms. The average molecular weight is 363 g/mol. The number of carbonyl (C=O) groups excluding carboxylic acids is 1. The number of rotatable bonds is 7. The van der Waals surface area contributed by atoms with Crippen LogP contribution >= 0.6 is 0 Å². The number of carbonyl (C=O) groups is 1. The number of nitrogen functional groups attached to an aromatic ring is 1. The van der Waals surface area contributed by atoms with Gasteiger partial charge in [-0.05, 0) is 36.8 Å². The molecule has 0 amide bonds. The van der Waals surface area contributed by atoms with Gasteiger partial charge in [0.05, 0.1) is 12.2 Å². The fourth-order valence-electron chi connectivity index (χ4n) is 2.46. The number of ether oxygens (including phenoxy) is 1. The van der Waals surface area contributed by atoms with Crippen LogP contribution in [0.2, 0.25) is 0 Å². The van der Waals surface area contributed by atoms with Crippen molar-refractivity contribution in [1.82, 2.24) is 9.97 Å². The quantitative estimate of drug-likeness (QED) is 0.551. The monoisotopic (exact) mass is 363 g/mol. The summed E-state index contributed by atoms with van der Waals surface area (Å²) in [5.74, 6) is 0.696. The van der Waals surface area contributed by atoms with Gasteiger partial charge in [0, 0.05) is 12.2 Å². The number of nitrogens with one attached hydrogen (secondary N) is 2. The third kappa shape index (κ3) is 4.72. The molecule has 7 nitrogen and oxygen atoms in total. The lowest BCUT2D eigenvalue weighted by Gasteiger charge is -2.13. The lowest BCUT2D eigenvalue weighted by atomic mass is 10.2. The van der Waals surface area contributed by atoms with E-state index in [9.17, 15) is 4.79 Å². The molecule has 0 atom stereocenters. The Bertz CT molecular complexity index is 898. The van der Waals surface area contributed by atoms with E-state index in [-0.39, 0.29) is 5.97 Å². The summed E-state index contributed by atoms with van der Waals surface area (Å²) in [5.41, 5.74) is 8.97. The van der Waals surface area contributed by atoms with Crippen molar-refractivity contribution >= 4 is 29.0 Å². The van der Waals surface area contributed by atoms with Crippen LogP contribution in [0.1, 0.15) is 22.8 Å². The van der Waals surface area contributed by atoms with Crippen LogP contribution in [0, 0.1) is 0 Å². The Morgan fingerprint density at radius 3 is 2.44 bits per heavy atom. The summed E-state index contributed by atoms with van der Waals surface area (Å²) >= 11 is 0. The van der Waals surface area contributed by atoms with Gasteiger partial charge in [0.25, 0.3) is 0 Å². The Balaban J connectivity index is 1.69. The first kappa shape index (κ1) is 18.2. The SMILES string of the molecule is CCOC(=O)c1ccc(Nc2ncnc(NCc3ccccc3)c2N)cc1. The molecule has 2 aromatic carbocycles. The van der Waals surface area contributed by atoms with Gasteiger partial charge in [-0.3, -0.25) is 0 Å². The van der Waals surface area contributed by atoms with Crippen molar-refractivity contribution in [1.29, 1.82) is 0 Å². The van der Waals surface area contributed by atoms with Gasteiger partial charge in [-0.1, -0.05) is 30.3 Å². The first-order valence-electron chi connectivity index (χ1n) is 8.60. The number of nitrogens with two attached hydrogens (primary N) is 1. The Labute approximate surface area is 157 Å². The van der Waals surface area contributed by atoms with Gasteiger partial charge in [0.15, 0.2) is 11.6 Å². The van der Waals surface area contributed by atoms with Crippen LogP contribution in [0.25, 0.3) is 0 Å². The lowest BCUT2D eigenvalue weighted by molar-refractivity contribution is 0.0526. The van der Waals surface area contributed by atoms with E-state index in [1.165, 1.54) is 6.33 Å². The minimum atomic E-state index is -0.349. The highest BCUT2D eigenvalue weighted by molar-refractivity contribution is 5.90. The normalized spacial score (nSPS) is 10.3. The molecular formula is C20H21N5O2. The van der Waals surface area contributed by atoms with Gasteiger partial charge < -0.3 is 21.1 Å². The molecule has 0 aliphatic rings. The number of esters is 1. The molecule has 0 aliphatic carbocycles. The molecule has 27 heavy (non-hydrogen) atoms. The maximum absolute atomic E-state index is 11.7. The van der Waals surface area contributed by atoms with E-state index in [1.54, 1.807) is 31.2 Å². The summed E-state index contributed by atoms with van der Waals surface area (Å²) in [5, 5.41) is 6.36. The van der Waals surface area contributed by atoms with Gasteiger partial charge in [-0.15, -0.1) is 0 Å². The zero-order valence-electron chi connectivity index (χ0n) is 15.0. The fraction of sp³-hybridized carbons (Fsp3) is 0.150. The molecule has 138 valence electrons. The van der Waals surface area contributed by atoms with Gasteiger partial charge in [0.1, 0.15) is 12.0 Å². The van der Waals surface area contributed by atoms with Crippen LogP contribution < -0.4 is 16.4 Å². The molecule has 0 saturated carbocycles. The first-order valence-corrected chi connectivity index (χ1v) is 8.60. The molecule has 0 aliphatic heterocycles. The summed E-state index contributed by atoms with van der Waals surface area (Å²) in [6.07, 6.45) is 1.44. The molecule has 0 fully saturated rings. The summed E-state index contributed by atoms with van der Waals surface area (Å²) in [7, 11) is 0. The van der Waals surface area contributed by atoms with E-state index in [2.05, 4.69) is 20.6 Å². The molecule has 0 saturated heterocycles. The van der Waals surface area contributed by atoms with Crippen molar-refractivity contribution in [3.63, 3.8) is 0 Å². The summed E-state index contributed by atoms with van der Waals surface area (Å²) in [6.45, 7) is 2.72. The maximum atomic E-state index is 11.7. The van der Waals surface area contributed by atoms with Gasteiger partial charge in [-0.2, -0.15) is 0 Å². The molecule has 1 aromatic heterocycles. The minimum Gasteiger partial charge on any atom is -0.462 e. The smallest absolute Gasteiger partial charge is 0.338 e. The Hall–Kier alpha value is -3.61. The molecule has 0 spiro atoms. The molecule has 0 unspecified atom stereocenters. The second-order valence-corrected chi connectivity index (χ2v) is 5.75. The molecular weight excluding hydrogens is 342 g/mol. The van der Waals surface area contributed by atoms with E-state index < -0.39 is 0 Å². The van der Waals surface area contributed by atoms with Gasteiger partial charge in [-0.25, -0.2) is 14.8 Å². The van der Waals surface area contributed by atoms with Crippen LogP contribution in [0.4, 0.5) is 23.0 Å². The Kier molecular flexibility index (Phi) is 5.84. The molecule has 1 heterocycles. The highest BCUT2D eigenvalue weighted by Crippen LogP contribution is 2.26. The van der Waals surface area contributed by atoms with Crippen LogP contribution in [0.3, 0.4) is 0 Å². The zero-order valence-corrected chi connectivity index (χ0v) is 15.0. The molecule has 3 aromatic rings. The Morgan fingerprint density at radius 1 is 1.04 bits per heavy atom. The largest absolute Gasteiger partial charge is 0.462 e. The maximum Gasteiger partial charge on any atom is 0.338 e. The number of aromatic nitrogens is 2. The summed E-state index contributed by atoms with van der Waals surface area (Å²) in [6, 6.07) is 16.9. The van der Waals surface area contributed by atoms with E-state index in [4.69, 9.17) is 10.5 Å². The predicted octanol–water partition coefficient (Wildman–Crippen LogP) is 3.59. The number of hydrogen-bond donors (Lipinski definition) is 3. The highest BCUT2D eigenvalue weighted by Gasteiger charge is 2.10. The standard InChI is InChI=1S/C20H21N5O2/c1-2-27-20(26)15-8-10-16(11-9-15)25-19-17(21)18(23-13-24-19)22-12-14-6-4-3-5-7-14/h3-11,13H,2,12,21H2,1H3,(H2,22,23,24,25). The van der Waals surface area contributed by atoms with Gasteiger partial charge in [0.2, 0.25) is 0 Å². The number of anilines is 4. The third-order valence-electron chi connectivity index (χ3n) is 3.85. The van der Waals surface area contributed by atoms with Crippen molar-refractivity contribution in [2.75, 3.05) is 23.0 Å². The summed E-state index contributed by atoms with van der Waals surface area (Å²) in [4.78, 5) is 20.1. The van der Waals surface area contributed by atoms with E-state index in [0.29, 0.717) is 36.0 Å². The number of nitrogens with zero attached hydrogens (tertiary/aromatic N) is 2. The molecule has 4 N–H and O–H groups in total. The highest BCUT2D eigenvalue weighted by atomic mass is 16.5. The van der Waals surface area contributed by atoms with E-state index in [1.807, 2.05) is 30.3 Å². The topological polar surface area (TPSA) is 102 Å². The molecule has 0 radical (unpaired) electrons. The van der Waals surface area contributed by atoms with E-state index in [0.717, 1.165) is 11.3 Å². The first-order chi connectivity index (χ1) is 13.2. The predicted molar refractivity (Wildman–Crippen MR) is 106 cm³/mol. The van der Waals surface area contributed by atoms with Crippen molar-refractivity contribution in [3.05, 3.63) is 72.1 Å². The summed E-state index contributed by atoms with van der Waals surface area (Å²) < 4.78 is 4.98. The second kappa shape index (κ2) is 8.66. The fourth-order valence-corrected chi connectivity index (χ4v) is 2.46. The van der Waals surface area contributed by atoms with E-state index >= 15 is 0 Å². The number of benzene rings is 2.